The predicted octanol–water partition coefficient (Wildman–Crippen LogP) is 1.82. The van der Waals surface area contributed by atoms with Crippen LogP contribution in [0.15, 0.2) is 22.8 Å². The highest BCUT2D eigenvalue weighted by atomic mass is 16.5. The third-order valence-electron chi connectivity index (χ3n) is 3.47. The molecule has 0 aliphatic heterocycles. The molecule has 6 nitrogen and oxygen atoms in total. The number of ether oxygens (including phenoxy) is 1. The number of aliphatic hydroxyl groups excluding tert-OH is 1. The monoisotopic (exact) mass is 288 g/mol. The molecule has 0 bridgehead atoms. The molecule has 1 heterocycles. The number of furan rings is 1. The minimum Gasteiger partial charge on any atom is -0.507 e. The molecule has 1 atom stereocenters. The van der Waals surface area contributed by atoms with E-state index in [1.54, 1.807) is 0 Å². The Morgan fingerprint density at radius 1 is 1.14 bits per heavy atom. The van der Waals surface area contributed by atoms with E-state index in [-0.39, 0.29) is 39.5 Å². The van der Waals surface area contributed by atoms with Crippen molar-refractivity contribution in [2.45, 2.75) is 13.0 Å². The van der Waals surface area contributed by atoms with E-state index >= 15 is 0 Å². The van der Waals surface area contributed by atoms with Gasteiger partial charge in [0.15, 0.2) is 5.78 Å². The van der Waals surface area contributed by atoms with Crippen LogP contribution in [0.2, 0.25) is 0 Å². The van der Waals surface area contributed by atoms with Crippen LogP contribution in [0, 0.1) is 0 Å². The van der Waals surface area contributed by atoms with Gasteiger partial charge < -0.3 is 19.4 Å². The Bertz CT molecular complexity index is 769. The molecule has 6 heteroatoms. The molecule has 2 N–H and O–H groups in total. The highest BCUT2D eigenvalue weighted by molar-refractivity contribution is 6.29. The summed E-state index contributed by atoms with van der Waals surface area (Å²) in [6.07, 6.45) is 0.107. The summed E-state index contributed by atoms with van der Waals surface area (Å²) < 4.78 is 10.1. The number of rotatable bonds is 2. The molecule has 0 saturated heterocycles. The Morgan fingerprint density at radius 3 is 2.43 bits per heavy atom. The fraction of sp³-hybridized carbons (Fsp3) is 0.200. The lowest BCUT2D eigenvalue weighted by Gasteiger charge is -2.17. The van der Waals surface area contributed by atoms with Gasteiger partial charge >= 0.3 is 0 Å². The van der Waals surface area contributed by atoms with Gasteiger partial charge in [0.05, 0.1) is 23.8 Å². The second-order valence-electron chi connectivity index (χ2n) is 4.79. The summed E-state index contributed by atoms with van der Waals surface area (Å²) in [6, 6.07) is 2.65. The Kier molecular flexibility index (Phi) is 2.84. The molecule has 0 saturated carbocycles. The maximum atomic E-state index is 12.6. The molecule has 0 amide bonds. The molecule has 0 radical (unpaired) electrons. The number of methoxy groups -OCH3 is 1. The summed E-state index contributed by atoms with van der Waals surface area (Å²) in [6.45, 7) is 1.44. The van der Waals surface area contributed by atoms with Gasteiger partial charge in [-0.2, -0.15) is 0 Å². The lowest BCUT2D eigenvalue weighted by molar-refractivity contribution is 0.0972. The van der Waals surface area contributed by atoms with Crippen LogP contribution in [0.1, 0.15) is 50.6 Å². The second-order valence-corrected chi connectivity index (χ2v) is 4.79. The molecule has 3 rings (SSSR count). The standard InChI is InChI=1S/C15H12O6/c1-6(16)15-12-9(5-21-15)14(19)11-8(13(12)18)3-7(20-2)4-10(11)17/h3-6,16-17H,1-2H3. The van der Waals surface area contributed by atoms with Crippen molar-refractivity contribution in [3.8, 4) is 11.5 Å². The number of benzene rings is 1. The summed E-state index contributed by atoms with van der Waals surface area (Å²) in [5.74, 6) is -1.03. The first kappa shape index (κ1) is 13.4. The highest BCUT2D eigenvalue weighted by Crippen LogP contribution is 2.38. The van der Waals surface area contributed by atoms with Crippen LogP contribution in [-0.2, 0) is 0 Å². The number of hydrogen-bond donors (Lipinski definition) is 2. The number of ketones is 2. The van der Waals surface area contributed by atoms with Gasteiger partial charge in [-0.3, -0.25) is 9.59 Å². The first-order chi connectivity index (χ1) is 9.95. The van der Waals surface area contributed by atoms with Gasteiger partial charge in [0.1, 0.15) is 29.6 Å². The number of carbonyl (C=O) groups excluding carboxylic acids is 2. The molecule has 1 unspecified atom stereocenters. The minimum atomic E-state index is -1.02. The molecular weight excluding hydrogens is 276 g/mol. The summed E-state index contributed by atoms with van der Waals surface area (Å²) >= 11 is 0. The van der Waals surface area contributed by atoms with Crippen LogP contribution >= 0.6 is 0 Å². The smallest absolute Gasteiger partial charge is 0.201 e. The molecule has 1 aliphatic carbocycles. The third-order valence-corrected chi connectivity index (χ3v) is 3.47. The van der Waals surface area contributed by atoms with Crippen molar-refractivity contribution in [3.05, 3.63) is 46.4 Å². The molecule has 1 aromatic carbocycles. The van der Waals surface area contributed by atoms with E-state index < -0.39 is 17.7 Å². The largest absolute Gasteiger partial charge is 0.507 e. The molecular formula is C15H12O6. The summed E-state index contributed by atoms with van der Waals surface area (Å²) in [5, 5.41) is 19.6. The number of phenolic OH excluding ortho intramolecular Hbond substituents is 1. The average molecular weight is 288 g/mol. The van der Waals surface area contributed by atoms with E-state index in [4.69, 9.17) is 9.15 Å². The van der Waals surface area contributed by atoms with Gasteiger partial charge in [-0.25, -0.2) is 0 Å². The van der Waals surface area contributed by atoms with Gasteiger partial charge in [-0.1, -0.05) is 0 Å². The van der Waals surface area contributed by atoms with E-state index in [0.29, 0.717) is 0 Å². The quantitative estimate of drug-likeness (QED) is 0.746. The number of aliphatic hydroxyl groups is 1. The van der Waals surface area contributed by atoms with Crippen molar-refractivity contribution in [3.63, 3.8) is 0 Å². The lowest BCUT2D eigenvalue weighted by Crippen LogP contribution is -2.21. The molecule has 0 fully saturated rings. The molecule has 1 aromatic heterocycles. The number of carbonyl (C=O) groups is 2. The average Bonchev–Trinajstić information content (AvgIpc) is 2.89. The zero-order valence-electron chi connectivity index (χ0n) is 11.3. The van der Waals surface area contributed by atoms with Crippen molar-refractivity contribution >= 4 is 11.6 Å². The third kappa shape index (κ3) is 1.76. The summed E-state index contributed by atoms with van der Waals surface area (Å²) in [7, 11) is 1.39. The Labute approximate surface area is 119 Å². The van der Waals surface area contributed by atoms with Crippen LogP contribution in [0.25, 0.3) is 0 Å². The van der Waals surface area contributed by atoms with E-state index in [2.05, 4.69) is 0 Å². The van der Waals surface area contributed by atoms with Gasteiger partial charge in [0.25, 0.3) is 0 Å². The van der Waals surface area contributed by atoms with Gasteiger partial charge in [0, 0.05) is 11.6 Å². The predicted molar refractivity (Wildman–Crippen MR) is 70.9 cm³/mol. The lowest BCUT2D eigenvalue weighted by atomic mass is 9.84. The number of fused-ring (bicyclic) bond motifs is 2. The van der Waals surface area contributed by atoms with Gasteiger partial charge in [0.2, 0.25) is 5.78 Å². The number of aromatic hydroxyl groups is 1. The van der Waals surface area contributed by atoms with E-state index in [1.807, 2.05) is 0 Å². The van der Waals surface area contributed by atoms with Crippen molar-refractivity contribution in [2.24, 2.45) is 0 Å². The topological polar surface area (TPSA) is 97.0 Å². The molecule has 21 heavy (non-hydrogen) atoms. The van der Waals surface area contributed by atoms with Crippen molar-refractivity contribution in [1.29, 1.82) is 0 Å². The SMILES string of the molecule is COc1cc(O)c2c(c1)C(=O)c1c(coc1C(C)O)C2=O. The van der Waals surface area contributed by atoms with E-state index in [0.717, 1.165) is 6.26 Å². The maximum absolute atomic E-state index is 12.6. The molecule has 0 spiro atoms. The van der Waals surface area contributed by atoms with Crippen LogP contribution in [0.5, 0.6) is 11.5 Å². The van der Waals surface area contributed by atoms with Crippen LogP contribution in [0.4, 0.5) is 0 Å². The van der Waals surface area contributed by atoms with Crippen LogP contribution in [0.3, 0.4) is 0 Å². The minimum absolute atomic E-state index is 0.0349. The van der Waals surface area contributed by atoms with Crippen molar-refractivity contribution < 1.29 is 29.0 Å². The van der Waals surface area contributed by atoms with Crippen molar-refractivity contribution in [2.75, 3.05) is 7.11 Å². The van der Waals surface area contributed by atoms with Gasteiger partial charge in [-0.15, -0.1) is 0 Å². The van der Waals surface area contributed by atoms with Crippen LogP contribution in [-0.4, -0.2) is 28.9 Å². The fourth-order valence-electron chi connectivity index (χ4n) is 2.49. The summed E-state index contributed by atoms with van der Waals surface area (Å²) in [4.78, 5) is 25.0. The molecule has 2 aromatic rings. The first-order valence-electron chi connectivity index (χ1n) is 6.25. The first-order valence-corrected chi connectivity index (χ1v) is 6.25. The van der Waals surface area contributed by atoms with Crippen LogP contribution < -0.4 is 4.74 Å². The Hall–Kier alpha value is -2.60. The zero-order chi connectivity index (χ0) is 15.3. The fourth-order valence-corrected chi connectivity index (χ4v) is 2.49. The van der Waals surface area contributed by atoms with Gasteiger partial charge in [-0.05, 0) is 13.0 Å². The van der Waals surface area contributed by atoms with Crippen molar-refractivity contribution in [1.82, 2.24) is 0 Å². The normalized spacial score (nSPS) is 14.6. The zero-order valence-corrected chi connectivity index (χ0v) is 11.3. The number of phenols is 1. The molecule has 1 aliphatic rings. The summed E-state index contributed by atoms with van der Waals surface area (Å²) in [5.41, 5.74) is 0.0397. The van der Waals surface area contributed by atoms with E-state index in [1.165, 1.54) is 26.2 Å². The Balaban J connectivity index is 2.29. The highest BCUT2D eigenvalue weighted by Gasteiger charge is 2.37. The Morgan fingerprint density at radius 2 is 1.81 bits per heavy atom. The van der Waals surface area contributed by atoms with E-state index in [9.17, 15) is 19.8 Å². The number of hydrogen-bond acceptors (Lipinski definition) is 6. The second kappa shape index (κ2) is 4.46. The molecule has 108 valence electrons. The maximum Gasteiger partial charge on any atom is 0.201 e.